The fourth-order valence-electron chi connectivity index (χ4n) is 3.56. The highest BCUT2D eigenvalue weighted by molar-refractivity contribution is 5.76. The quantitative estimate of drug-likeness (QED) is 0.650. The van der Waals surface area contributed by atoms with Crippen LogP contribution in [0.1, 0.15) is 24.1 Å². The van der Waals surface area contributed by atoms with Gasteiger partial charge in [0.15, 0.2) is 5.78 Å². The predicted molar refractivity (Wildman–Crippen MR) is 104 cm³/mol. The first-order chi connectivity index (χ1) is 13.5. The van der Waals surface area contributed by atoms with Crippen molar-refractivity contribution in [2.45, 2.75) is 13.0 Å². The Kier molecular flexibility index (Phi) is 7.25. The zero-order chi connectivity index (χ0) is 19.9. The molecule has 0 unspecified atom stereocenters. The summed E-state index contributed by atoms with van der Waals surface area (Å²) in [5.74, 6) is -0.500. The summed E-state index contributed by atoms with van der Waals surface area (Å²) in [7, 11) is 0. The summed E-state index contributed by atoms with van der Waals surface area (Å²) in [4.78, 5) is 15.6. The molecule has 0 saturated carbocycles. The van der Waals surface area contributed by atoms with Crippen molar-refractivity contribution in [3.05, 3.63) is 71.3 Å². The summed E-state index contributed by atoms with van der Waals surface area (Å²) in [5.41, 5.74) is 1.98. The van der Waals surface area contributed by atoms with E-state index in [-0.39, 0.29) is 30.1 Å². The minimum Gasteiger partial charge on any atom is -0.372 e. The molecule has 0 atom stereocenters. The maximum atomic E-state index is 13.4. The molecule has 4 nitrogen and oxygen atoms in total. The van der Waals surface area contributed by atoms with Crippen molar-refractivity contribution in [3.8, 4) is 0 Å². The van der Waals surface area contributed by atoms with Crippen molar-refractivity contribution in [1.29, 1.82) is 0 Å². The van der Waals surface area contributed by atoms with Crippen LogP contribution in [0, 0.1) is 11.6 Å². The van der Waals surface area contributed by atoms with Crippen LogP contribution in [-0.4, -0.2) is 61.5 Å². The second-order valence-electron chi connectivity index (χ2n) is 7.14. The zero-order valence-electron chi connectivity index (χ0n) is 16.1. The van der Waals surface area contributed by atoms with E-state index in [2.05, 4.69) is 9.80 Å². The lowest BCUT2D eigenvalue weighted by atomic mass is 9.96. The summed E-state index contributed by atoms with van der Waals surface area (Å²) in [6.45, 7) is 6.45. The summed E-state index contributed by atoms with van der Waals surface area (Å²) in [6, 6.07) is 13.0. The van der Waals surface area contributed by atoms with Crippen molar-refractivity contribution in [2.24, 2.45) is 0 Å². The molecule has 1 saturated heterocycles. The third-order valence-corrected chi connectivity index (χ3v) is 5.00. The van der Waals surface area contributed by atoms with Crippen LogP contribution in [0.3, 0.4) is 0 Å². The van der Waals surface area contributed by atoms with Crippen LogP contribution < -0.4 is 0 Å². The lowest BCUT2D eigenvalue weighted by Crippen LogP contribution is -2.48. The molecule has 2 aromatic rings. The summed E-state index contributed by atoms with van der Waals surface area (Å²) in [6.07, 6.45) is 0. The Labute approximate surface area is 164 Å². The van der Waals surface area contributed by atoms with E-state index in [4.69, 9.17) is 4.74 Å². The number of hydrogen-bond acceptors (Lipinski definition) is 4. The van der Waals surface area contributed by atoms with E-state index in [1.165, 1.54) is 31.2 Å². The summed E-state index contributed by atoms with van der Waals surface area (Å²) < 4.78 is 32.1. The van der Waals surface area contributed by atoms with E-state index in [9.17, 15) is 13.6 Å². The van der Waals surface area contributed by atoms with E-state index in [1.54, 1.807) is 24.3 Å². The molecule has 1 aliphatic heterocycles. The maximum Gasteiger partial charge on any atom is 0.155 e. The van der Waals surface area contributed by atoms with Crippen LogP contribution in [0.5, 0.6) is 0 Å². The van der Waals surface area contributed by atoms with Gasteiger partial charge in [-0.15, -0.1) is 0 Å². The average molecular weight is 388 g/mol. The Bertz CT molecular complexity index is 712. The first-order valence-corrected chi connectivity index (χ1v) is 9.57. The van der Waals surface area contributed by atoms with Gasteiger partial charge in [-0.25, -0.2) is 8.78 Å². The van der Waals surface area contributed by atoms with Gasteiger partial charge in [0.2, 0.25) is 0 Å². The number of hydrogen-bond donors (Lipinski definition) is 0. The fourth-order valence-corrected chi connectivity index (χ4v) is 3.56. The second-order valence-corrected chi connectivity index (χ2v) is 7.14. The van der Waals surface area contributed by atoms with Crippen molar-refractivity contribution in [1.82, 2.24) is 9.80 Å². The molecular weight excluding hydrogens is 362 g/mol. The Balaban J connectivity index is 1.66. The van der Waals surface area contributed by atoms with Gasteiger partial charge in [0.05, 0.1) is 12.6 Å². The van der Waals surface area contributed by atoms with E-state index < -0.39 is 0 Å². The molecule has 0 radical (unpaired) electrons. The maximum absolute atomic E-state index is 13.4. The number of Topliss-reactive ketones (excluding diaryl/α,β-unsaturated/α-hetero) is 1. The highest BCUT2D eigenvalue weighted by Gasteiger charge is 2.26. The molecule has 0 spiro atoms. The lowest BCUT2D eigenvalue weighted by molar-refractivity contribution is -0.121. The van der Waals surface area contributed by atoms with E-state index in [0.717, 1.165) is 43.9 Å². The van der Waals surface area contributed by atoms with E-state index in [1.807, 2.05) is 0 Å². The molecule has 1 heterocycles. The number of ketones is 1. The third kappa shape index (κ3) is 5.67. The molecular formula is C22H26F2N2O2. The number of nitrogens with zero attached hydrogens (tertiary/aromatic N) is 2. The third-order valence-electron chi connectivity index (χ3n) is 5.00. The molecule has 3 rings (SSSR count). The number of halogens is 2. The lowest BCUT2D eigenvalue weighted by Gasteiger charge is -2.39. The molecule has 0 bridgehead atoms. The minimum absolute atomic E-state index is 0.0336. The van der Waals surface area contributed by atoms with Gasteiger partial charge >= 0.3 is 0 Å². The largest absolute Gasteiger partial charge is 0.372 e. The molecule has 0 N–H and O–H groups in total. The highest BCUT2D eigenvalue weighted by atomic mass is 19.1. The van der Waals surface area contributed by atoms with Crippen LogP contribution in [-0.2, 0) is 9.53 Å². The van der Waals surface area contributed by atoms with E-state index in [0.29, 0.717) is 6.61 Å². The Morgan fingerprint density at radius 2 is 1.43 bits per heavy atom. The molecule has 2 aromatic carbocycles. The number of carbonyl (C=O) groups excluding carboxylic acids is 1. The van der Waals surface area contributed by atoms with Crippen molar-refractivity contribution in [3.63, 3.8) is 0 Å². The van der Waals surface area contributed by atoms with Crippen molar-refractivity contribution >= 4 is 5.78 Å². The first-order valence-electron chi connectivity index (χ1n) is 9.57. The fraction of sp³-hybridized carbons (Fsp3) is 0.409. The standard InChI is InChI=1S/C22H26F2N2O2/c1-17(27)16-28-15-14-25-10-12-26(13-11-25)22(18-2-6-20(23)7-3-18)19-4-8-21(24)9-5-19/h2-9,22H,10-16H2,1H3. The number of ether oxygens (including phenoxy) is 1. The molecule has 6 heteroatoms. The van der Waals surface area contributed by atoms with Crippen LogP contribution in [0.2, 0.25) is 0 Å². The number of piperazine rings is 1. The van der Waals surface area contributed by atoms with Gasteiger partial charge in [-0.1, -0.05) is 24.3 Å². The van der Waals surface area contributed by atoms with Gasteiger partial charge in [0, 0.05) is 32.7 Å². The molecule has 0 amide bonds. The second kappa shape index (κ2) is 9.87. The van der Waals surface area contributed by atoms with Crippen LogP contribution in [0.4, 0.5) is 8.78 Å². The van der Waals surface area contributed by atoms with E-state index >= 15 is 0 Å². The van der Waals surface area contributed by atoms with Gasteiger partial charge in [0.25, 0.3) is 0 Å². The SMILES string of the molecule is CC(=O)COCCN1CCN(C(c2ccc(F)cc2)c2ccc(F)cc2)CC1. The van der Waals surface area contributed by atoms with Gasteiger partial charge in [-0.3, -0.25) is 14.6 Å². The van der Waals surface area contributed by atoms with Gasteiger partial charge in [-0.2, -0.15) is 0 Å². The topological polar surface area (TPSA) is 32.8 Å². The highest BCUT2D eigenvalue weighted by Crippen LogP contribution is 2.30. The van der Waals surface area contributed by atoms with Crippen LogP contribution in [0.15, 0.2) is 48.5 Å². The average Bonchev–Trinajstić information content (AvgIpc) is 2.69. The monoisotopic (exact) mass is 388 g/mol. The minimum atomic E-state index is -0.267. The first kappa shape index (κ1) is 20.6. The number of carbonyl (C=O) groups is 1. The predicted octanol–water partition coefficient (Wildman–Crippen LogP) is 3.28. The van der Waals surface area contributed by atoms with Gasteiger partial charge in [0.1, 0.15) is 18.2 Å². The molecule has 28 heavy (non-hydrogen) atoms. The Morgan fingerprint density at radius 3 is 1.89 bits per heavy atom. The van der Waals surface area contributed by atoms with Crippen LogP contribution >= 0.6 is 0 Å². The normalized spacial score (nSPS) is 15.9. The molecule has 0 aliphatic carbocycles. The Hall–Kier alpha value is -2.15. The van der Waals surface area contributed by atoms with Crippen LogP contribution in [0.25, 0.3) is 0 Å². The summed E-state index contributed by atoms with van der Waals surface area (Å²) >= 11 is 0. The number of rotatable bonds is 8. The Morgan fingerprint density at radius 1 is 0.929 bits per heavy atom. The molecule has 1 aliphatic rings. The zero-order valence-corrected chi connectivity index (χ0v) is 16.1. The molecule has 0 aromatic heterocycles. The smallest absolute Gasteiger partial charge is 0.155 e. The summed E-state index contributed by atoms with van der Waals surface area (Å²) in [5, 5.41) is 0. The van der Waals surface area contributed by atoms with Crippen molar-refractivity contribution in [2.75, 3.05) is 45.9 Å². The van der Waals surface area contributed by atoms with Gasteiger partial charge < -0.3 is 4.74 Å². The number of benzene rings is 2. The van der Waals surface area contributed by atoms with Crippen molar-refractivity contribution < 1.29 is 18.3 Å². The van der Waals surface area contributed by atoms with Gasteiger partial charge in [-0.05, 0) is 42.3 Å². The molecule has 1 fully saturated rings. The molecule has 150 valence electrons.